The van der Waals surface area contributed by atoms with Crippen LogP contribution in [-0.4, -0.2) is 19.5 Å². The summed E-state index contributed by atoms with van der Waals surface area (Å²) in [5.74, 6) is 1.90. The minimum atomic E-state index is 0.609. The molecule has 0 atom stereocenters. The van der Waals surface area contributed by atoms with E-state index in [1.807, 2.05) is 47.7 Å². The van der Waals surface area contributed by atoms with Gasteiger partial charge in [0.05, 0.1) is 15.7 Å². The number of rotatable bonds is 3. The Labute approximate surface area is 267 Å². The SMILES string of the molecule is c1ccc(-c2nc(-c3ccccc3)nc(-n3c4ccccc4c4c5ccc6ccccc6c5c5c6ccccc6sc5c43)n2)cc1. The van der Waals surface area contributed by atoms with E-state index in [1.54, 1.807) is 0 Å². The fraction of sp³-hybridized carbons (Fsp3) is 0. The summed E-state index contributed by atoms with van der Waals surface area (Å²) in [4.78, 5) is 15.4. The smallest absolute Gasteiger partial charge is 0.238 e. The second-order valence-corrected chi connectivity index (χ2v) is 12.7. The lowest BCUT2D eigenvalue weighted by atomic mass is 9.94. The predicted molar refractivity (Wildman–Crippen MR) is 193 cm³/mol. The Balaban J connectivity index is 1.44. The van der Waals surface area contributed by atoms with Gasteiger partial charge in [-0.15, -0.1) is 11.3 Å². The summed E-state index contributed by atoms with van der Waals surface area (Å²) >= 11 is 1.85. The third-order valence-corrected chi connectivity index (χ3v) is 10.2. The summed E-state index contributed by atoms with van der Waals surface area (Å²) in [6.07, 6.45) is 0. The molecular weight excluding hydrogens is 581 g/mol. The lowest BCUT2D eigenvalue weighted by Gasteiger charge is -2.12. The largest absolute Gasteiger partial charge is 0.276 e. The fourth-order valence-electron chi connectivity index (χ4n) is 7.04. The van der Waals surface area contributed by atoms with E-state index >= 15 is 0 Å². The van der Waals surface area contributed by atoms with E-state index in [0.717, 1.165) is 22.2 Å². The van der Waals surface area contributed by atoms with Gasteiger partial charge >= 0.3 is 0 Å². The third-order valence-electron chi connectivity index (χ3n) is 9.02. The second kappa shape index (κ2) is 9.80. The number of aromatic nitrogens is 4. The van der Waals surface area contributed by atoms with Crippen molar-refractivity contribution < 1.29 is 0 Å². The summed E-state index contributed by atoms with van der Waals surface area (Å²) in [6, 6.07) is 51.1. The van der Waals surface area contributed by atoms with Gasteiger partial charge in [0.15, 0.2) is 11.6 Å². The number of hydrogen-bond donors (Lipinski definition) is 0. The minimum absolute atomic E-state index is 0.609. The van der Waals surface area contributed by atoms with Gasteiger partial charge in [-0.3, -0.25) is 4.57 Å². The maximum absolute atomic E-state index is 5.21. The maximum atomic E-state index is 5.21. The van der Waals surface area contributed by atoms with Gasteiger partial charge in [-0.2, -0.15) is 9.97 Å². The molecule has 0 unspecified atom stereocenters. The van der Waals surface area contributed by atoms with Gasteiger partial charge in [0.25, 0.3) is 0 Å². The lowest BCUT2D eigenvalue weighted by Crippen LogP contribution is -2.06. The van der Waals surface area contributed by atoms with Gasteiger partial charge < -0.3 is 0 Å². The van der Waals surface area contributed by atoms with Crippen LogP contribution in [0.3, 0.4) is 0 Å². The van der Waals surface area contributed by atoms with Crippen molar-refractivity contribution in [2.45, 2.75) is 0 Å². The highest BCUT2D eigenvalue weighted by Crippen LogP contribution is 2.49. The number of hydrogen-bond acceptors (Lipinski definition) is 4. The van der Waals surface area contributed by atoms with E-state index in [-0.39, 0.29) is 0 Å². The Bertz CT molecular complexity index is 2740. The summed E-state index contributed by atoms with van der Waals surface area (Å²) in [6.45, 7) is 0. The number of fused-ring (bicyclic) bond motifs is 12. The molecule has 0 fully saturated rings. The second-order valence-electron chi connectivity index (χ2n) is 11.6. The lowest BCUT2D eigenvalue weighted by molar-refractivity contribution is 0.955. The molecule has 0 spiro atoms. The first-order valence-electron chi connectivity index (χ1n) is 15.4. The van der Waals surface area contributed by atoms with Crippen LogP contribution in [0.1, 0.15) is 0 Å². The molecule has 0 saturated heterocycles. The van der Waals surface area contributed by atoms with Crippen LogP contribution < -0.4 is 0 Å². The zero-order valence-corrected chi connectivity index (χ0v) is 25.4. The van der Waals surface area contributed by atoms with E-state index in [0.29, 0.717) is 17.6 Å². The van der Waals surface area contributed by atoms with Crippen LogP contribution in [0.15, 0.2) is 146 Å². The highest BCUT2D eigenvalue weighted by Gasteiger charge is 2.24. The molecule has 0 amide bonds. The number of para-hydroxylation sites is 1. The molecule has 0 N–H and O–H groups in total. The fourth-order valence-corrected chi connectivity index (χ4v) is 8.29. The highest BCUT2D eigenvalue weighted by molar-refractivity contribution is 7.27. The van der Waals surface area contributed by atoms with Gasteiger partial charge in [-0.25, -0.2) is 4.98 Å². The molecule has 0 aliphatic carbocycles. The van der Waals surface area contributed by atoms with Crippen LogP contribution in [0.2, 0.25) is 0 Å². The quantitative estimate of drug-likeness (QED) is 0.188. The minimum Gasteiger partial charge on any atom is -0.276 e. The first-order valence-corrected chi connectivity index (χ1v) is 16.2. The van der Waals surface area contributed by atoms with Gasteiger partial charge in [0, 0.05) is 37.4 Å². The molecule has 3 aromatic heterocycles. The van der Waals surface area contributed by atoms with Crippen molar-refractivity contribution >= 4 is 74.9 Å². The Hall–Kier alpha value is -5.91. The van der Waals surface area contributed by atoms with E-state index in [2.05, 4.69) is 114 Å². The summed E-state index contributed by atoms with van der Waals surface area (Å²) in [5, 5.41) is 10.0. The molecule has 0 aliphatic heterocycles. The number of nitrogens with zero attached hydrogens (tertiary/aromatic N) is 4. The van der Waals surface area contributed by atoms with E-state index < -0.39 is 0 Å². The average Bonchev–Trinajstić information content (AvgIpc) is 3.69. The topological polar surface area (TPSA) is 43.6 Å². The van der Waals surface area contributed by atoms with Gasteiger partial charge in [0.1, 0.15) is 0 Å². The molecular formula is C41H24N4S. The van der Waals surface area contributed by atoms with Crippen LogP contribution >= 0.6 is 11.3 Å². The molecule has 46 heavy (non-hydrogen) atoms. The molecule has 0 bridgehead atoms. The van der Waals surface area contributed by atoms with Crippen molar-refractivity contribution in [2.75, 3.05) is 0 Å². The van der Waals surface area contributed by atoms with Crippen LogP contribution in [-0.2, 0) is 0 Å². The molecule has 3 heterocycles. The monoisotopic (exact) mass is 604 g/mol. The zero-order chi connectivity index (χ0) is 30.2. The van der Waals surface area contributed by atoms with Crippen molar-refractivity contribution in [2.24, 2.45) is 0 Å². The van der Waals surface area contributed by atoms with E-state index in [1.165, 1.54) is 52.5 Å². The third kappa shape index (κ3) is 3.63. The van der Waals surface area contributed by atoms with Crippen molar-refractivity contribution in [1.29, 1.82) is 0 Å². The maximum Gasteiger partial charge on any atom is 0.238 e. The molecule has 4 nitrogen and oxygen atoms in total. The first kappa shape index (κ1) is 25.4. The van der Waals surface area contributed by atoms with Crippen LogP contribution in [0.5, 0.6) is 0 Å². The van der Waals surface area contributed by atoms with Crippen LogP contribution in [0.4, 0.5) is 0 Å². The average molecular weight is 605 g/mol. The van der Waals surface area contributed by atoms with E-state index in [9.17, 15) is 0 Å². The van der Waals surface area contributed by atoms with Crippen LogP contribution in [0, 0.1) is 0 Å². The van der Waals surface area contributed by atoms with Crippen molar-refractivity contribution in [1.82, 2.24) is 19.5 Å². The molecule has 0 aliphatic rings. The Kier molecular flexibility index (Phi) is 5.41. The van der Waals surface area contributed by atoms with Crippen molar-refractivity contribution in [3.8, 4) is 28.7 Å². The predicted octanol–water partition coefficient (Wildman–Crippen LogP) is 11.0. The zero-order valence-electron chi connectivity index (χ0n) is 24.6. The van der Waals surface area contributed by atoms with E-state index in [4.69, 9.17) is 15.0 Å². The van der Waals surface area contributed by atoms with Crippen LogP contribution in [0.25, 0.3) is 92.2 Å². The number of thiophene rings is 1. The normalized spacial score (nSPS) is 11.9. The van der Waals surface area contributed by atoms with Gasteiger partial charge in [-0.05, 0) is 33.7 Å². The molecule has 10 aromatic rings. The van der Waals surface area contributed by atoms with Crippen molar-refractivity contribution in [3.05, 3.63) is 146 Å². The highest BCUT2D eigenvalue weighted by atomic mass is 32.1. The van der Waals surface area contributed by atoms with Gasteiger partial charge in [-0.1, -0.05) is 133 Å². The molecule has 214 valence electrons. The molecule has 10 rings (SSSR count). The summed E-state index contributed by atoms with van der Waals surface area (Å²) < 4.78 is 4.78. The Morgan fingerprint density at radius 1 is 0.435 bits per heavy atom. The number of benzene rings is 7. The molecule has 5 heteroatoms. The first-order chi connectivity index (χ1) is 22.8. The van der Waals surface area contributed by atoms with Crippen molar-refractivity contribution in [3.63, 3.8) is 0 Å². The molecule has 7 aromatic carbocycles. The van der Waals surface area contributed by atoms with Gasteiger partial charge in [0.2, 0.25) is 5.95 Å². The Morgan fingerprint density at radius 2 is 1.04 bits per heavy atom. The molecule has 0 saturated carbocycles. The summed E-state index contributed by atoms with van der Waals surface area (Å²) in [7, 11) is 0. The summed E-state index contributed by atoms with van der Waals surface area (Å²) in [5.41, 5.74) is 4.10. The standard InChI is InChI=1S/C41H24N4S/c1-3-14-26(15-4-1)39-42-40(27-16-5-2-6-17-27)44-41(43-39)45-32-21-11-9-19-29(32)35-31-24-23-25-13-7-8-18-28(25)34(31)36-30-20-10-12-22-33(30)46-38(36)37(35)45/h1-24H. The molecule has 0 radical (unpaired) electrons. The Morgan fingerprint density at radius 3 is 1.78 bits per heavy atom.